The standard InChI is InChI=1S/C15H12F2N6O2/c1-22-3-2-9(21-22)6-23-7-11-10(15(23)24)4-8(5-18-11)13-19-20-14(25-13)12(16)17/h2-5,12H,6-7H2,1H3. The Bertz CT molecular complexity index is 951. The van der Waals surface area contributed by atoms with Gasteiger partial charge in [0.25, 0.3) is 11.8 Å². The van der Waals surface area contributed by atoms with Crippen LogP contribution in [-0.4, -0.2) is 35.8 Å². The van der Waals surface area contributed by atoms with E-state index in [1.54, 1.807) is 22.8 Å². The minimum atomic E-state index is -2.85. The lowest BCUT2D eigenvalue weighted by atomic mass is 10.1. The maximum Gasteiger partial charge on any atom is 0.314 e. The Hall–Kier alpha value is -3.17. The highest BCUT2D eigenvalue weighted by atomic mass is 19.3. The largest absolute Gasteiger partial charge is 0.415 e. The molecular formula is C15H12F2N6O2. The second-order valence-corrected chi connectivity index (χ2v) is 5.61. The fourth-order valence-electron chi connectivity index (χ4n) is 2.65. The third kappa shape index (κ3) is 2.75. The van der Waals surface area contributed by atoms with Gasteiger partial charge in [-0.05, 0) is 12.1 Å². The maximum absolute atomic E-state index is 12.6. The number of aromatic nitrogens is 5. The van der Waals surface area contributed by atoms with Crippen LogP contribution >= 0.6 is 0 Å². The average molecular weight is 346 g/mol. The van der Waals surface area contributed by atoms with Crippen molar-refractivity contribution in [1.82, 2.24) is 29.9 Å². The maximum atomic E-state index is 12.6. The van der Waals surface area contributed by atoms with Gasteiger partial charge in [-0.25, -0.2) is 0 Å². The monoisotopic (exact) mass is 346 g/mol. The molecule has 4 heterocycles. The van der Waals surface area contributed by atoms with Crippen LogP contribution in [0.1, 0.15) is 34.1 Å². The molecule has 0 bridgehead atoms. The molecule has 0 aromatic carbocycles. The van der Waals surface area contributed by atoms with Crippen LogP contribution in [0.3, 0.4) is 0 Å². The first-order chi connectivity index (χ1) is 12.0. The summed E-state index contributed by atoms with van der Waals surface area (Å²) < 4.78 is 31.7. The Morgan fingerprint density at radius 1 is 1.36 bits per heavy atom. The number of hydrogen-bond acceptors (Lipinski definition) is 6. The predicted molar refractivity (Wildman–Crippen MR) is 79.3 cm³/mol. The Balaban J connectivity index is 1.59. The second kappa shape index (κ2) is 5.72. The minimum Gasteiger partial charge on any atom is -0.415 e. The SMILES string of the molecule is Cn1ccc(CN2Cc3ncc(-c4nnc(C(F)F)o4)cc3C2=O)n1. The molecule has 0 atom stereocenters. The molecule has 8 nitrogen and oxygen atoms in total. The fourth-order valence-corrected chi connectivity index (χ4v) is 2.65. The van der Waals surface area contributed by atoms with Gasteiger partial charge >= 0.3 is 6.43 Å². The fraction of sp³-hybridized carbons (Fsp3) is 0.267. The molecule has 1 aliphatic rings. The summed E-state index contributed by atoms with van der Waals surface area (Å²) in [4.78, 5) is 18.4. The van der Waals surface area contributed by atoms with Crippen LogP contribution in [0.15, 0.2) is 28.9 Å². The topological polar surface area (TPSA) is 89.9 Å². The molecule has 3 aromatic rings. The molecule has 128 valence electrons. The van der Waals surface area contributed by atoms with E-state index in [0.717, 1.165) is 5.69 Å². The second-order valence-electron chi connectivity index (χ2n) is 5.61. The number of rotatable bonds is 4. The van der Waals surface area contributed by atoms with Gasteiger partial charge in [-0.2, -0.15) is 13.9 Å². The Morgan fingerprint density at radius 2 is 2.20 bits per heavy atom. The van der Waals surface area contributed by atoms with Crippen molar-refractivity contribution in [3.63, 3.8) is 0 Å². The quantitative estimate of drug-likeness (QED) is 0.717. The van der Waals surface area contributed by atoms with Crippen molar-refractivity contribution < 1.29 is 18.0 Å². The van der Waals surface area contributed by atoms with Crippen molar-refractivity contribution in [3.8, 4) is 11.5 Å². The molecule has 0 fully saturated rings. The van der Waals surface area contributed by atoms with Crippen LogP contribution in [0, 0.1) is 0 Å². The summed E-state index contributed by atoms with van der Waals surface area (Å²) in [6, 6.07) is 3.37. The number of fused-ring (bicyclic) bond motifs is 1. The van der Waals surface area contributed by atoms with E-state index in [9.17, 15) is 13.6 Å². The molecule has 0 radical (unpaired) electrons. The van der Waals surface area contributed by atoms with Gasteiger partial charge in [0.1, 0.15) is 0 Å². The van der Waals surface area contributed by atoms with Crippen molar-refractivity contribution in [2.24, 2.45) is 7.05 Å². The lowest BCUT2D eigenvalue weighted by Crippen LogP contribution is -2.23. The normalized spacial score (nSPS) is 13.8. The highest BCUT2D eigenvalue weighted by Crippen LogP contribution is 2.28. The van der Waals surface area contributed by atoms with E-state index in [1.807, 2.05) is 6.07 Å². The minimum absolute atomic E-state index is 0.0958. The first-order valence-corrected chi connectivity index (χ1v) is 7.40. The van der Waals surface area contributed by atoms with Crippen molar-refractivity contribution in [2.45, 2.75) is 19.5 Å². The summed E-state index contributed by atoms with van der Waals surface area (Å²) in [6.07, 6.45) is 0.383. The number of carbonyl (C=O) groups excluding carboxylic acids is 1. The molecule has 0 unspecified atom stereocenters. The summed E-state index contributed by atoms with van der Waals surface area (Å²) in [5, 5.41) is 11.1. The first kappa shape index (κ1) is 15.4. The van der Waals surface area contributed by atoms with Crippen LogP contribution in [-0.2, 0) is 20.1 Å². The molecule has 0 spiro atoms. The Kier molecular flexibility index (Phi) is 3.52. The molecule has 10 heteroatoms. The van der Waals surface area contributed by atoms with Gasteiger partial charge in [0.2, 0.25) is 5.89 Å². The van der Waals surface area contributed by atoms with E-state index in [2.05, 4.69) is 20.3 Å². The summed E-state index contributed by atoms with van der Waals surface area (Å²) in [5.41, 5.74) is 2.09. The number of aryl methyl sites for hydroxylation is 1. The first-order valence-electron chi connectivity index (χ1n) is 7.40. The number of pyridine rings is 1. The number of alkyl halides is 2. The van der Waals surface area contributed by atoms with E-state index in [4.69, 9.17) is 4.42 Å². The van der Waals surface area contributed by atoms with Gasteiger partial charge in [0.05, 0.1) is 35.6 Å². The lowest BCUT2D eigenvalue weighted by molar-refractivity contribution is 0.0764. The van der Waals surface area contributed by atoms with Crippen LogP contribution in [0.4, 0.5) is 8.78 Å². The Morgan fingerprint density at radius 3 is 2.88 bits per heavy atom. The molecule has 0 saturated heterocycles. The molecule has 1 aliphatic heterocycles. The number of amides is 1. The third-order valence-corrected chi connectivity index (χ3v) is 3.82. The van der Waals surface area contributed by atoms with E-state index in [1.165, 1.54) is 12.3 Å². The molecule has 4 rings (SSSR count). The van der Waals surface area contributed by atoms with Crippen LogP contribution in [0.2, 0.25) is 0 Å². The van der Waals surface area contributed by atoms with E-state index < -0.39 is 12.3 Å². The van der Waals surface area contributed by atoms with Gasteiger partial charge in [-0.3, -0.25) is 14.5 Å². The van der Waals surface area contributed by atoms with Crippen molar-refractivity contribution in [3.05, 3.63) is 47.4 Å². The third-order valence-electron chi connectivity index (χ3n) is 3.82. The zero-order valence-corrected chi connectivity index (χ0v) is 13.1. The van der Waals surface area contributed by atoms with E-state index in [-0.39, 0.29) is 11.8 Å². The van der Waals surface area contributed by atoms with Crippen molar-refractivity contribution in [2.75, 3.05) is 0 Å². The number of nitrogens with zero attached hydrogens (tertiary/aromatic N) is 6. The smallest absolute Gasteiger partial charge is 0.314 e. The Labute approximate surface area is 140 Å². The zero-order chi connectivity index (χ0) is 17.6. The summed E-state index contributed by atoms with van der Waals surface area (Å²) in [5.74, 6) is -1.07. The van der Waals surface area contributed by atoms with Gasteiger partial charge in [-0.1, -0.05) is 0 Å². The average Bonchev–Trinajstić information content (AvgIpc) is 3.29. The number of halogens is 2. The summed E-state index contributed by atoms with van der Waals surface area (Å²) in [6.45, 7) is 0.721. The molecule has 0 saturated carbocycles. The highest BCUT2D eigenvalue weighted by molar-refractivity contribution is 5.98. The number of carbonyl (C=O) groups is 1. The molecular weight excluding hydrogens is 334 g/mol. The van der Waals surface area contributed by atoms with Gasteiger partial charge in [0.15, 0.2) is 0 Å². The van der Waals surface area contributed by atoms with Gasteiger partial charge < -0.3 is 9.32 Å². The van der Waals surface area contributed by atoms with Crippen LogP contribution in [0.5, 0.6) is 0 Å². The number of hydrogen-bond donors (Lipinski definition) is 0. The zero-order valence-electron chi connectivity index (χ0n) is 13.1. The highest BCUT2D eigenvalue weighted by Gasteiger charge is 2.30. The summed E-state index contributed by atoms with van der Waals surface area (Å²) in [7, 11) is 1.80. The van der Waals surface area contributed by atoms with Crippen molar-refractivity contribution >= 4 is 5.91 Å². The van der Waals surface area contributed by atoms with Crippen molar-refractivity contribution in [1.29, 1.82) is 0 Å². The van der Waals surface area contributed by atoms with E-state index in [0.29, 0.717) is 29.9 Å². The molecule has 3 aromatic heterocycles. The summed E-state index contributed by atoms with van der Waals surface area (Å²) >= 11 is 0. The van der Waals surface area contributed by atoms with Gasteiger partial charge in [-0.15, -0.1) is 10.2 Å². The molecule has 0 aliphatic carbocycles. The van der Waals surface area contributed by atoms with Crippen LogP contribution in [0.25, 0.3) is 11.5 Å². The molecule has 25 heavy (non-hydrogen) atoms. The lowest BCUT2D eigenvalue weighted by Gasteiger charge is -2.12. The molecule has 1 amide bonds. The predicted octanol–water partition coefficient (Wildman–Crippen LogP) is 1.96. The van der Waals surface area contributed by atoms with E-state index >= 15 is 0 Å². The molecule has 0 N–H and O–H groups in total. The van der Waals surface area contributed by atoms with Gasteiger partial charge in [0, 0.05) is 19.4 Å². The van der Waals surface area contributed by atoms with Crippen LogP contribution < -0.4 is 0 Å².